The Balaban J connectivity index is 1.86. The van der Waals surface area contributed by atoms with Gasteiger partial charge in [-0.25, -0.2) is 0 Å². The van der Waals surface area contributed by atoms with E-state index in [0.717, 1.165) is 25.0 Å². The van der Waals surface area contributed by atoms with Gasteiger partial charge in [-0.3, -0.25) is 0 Å². The molecule has 0 radical (unpaired) electrons. The predicted molar refractivity (Wildman–Crippen MR) is 57.8 cm³/mol. The molecule has 0 aromatic heterocycles. The summed E-state index contributed by atoms with van der Waals surface area (Å²) < 4.78 is 0. The molecule has 0 aromatic carbocycles. The van der Waals surface area contributed by atoms with Crippen molar-refractivity contribution in [1.82, 2.24) is 5.32 Å². The van der Waals surface area contributed by atoms with Gasteiger partial charge in [0.25, 0.3) is 0 Å². The Labute approximate surface area is 86.4 Å². The van der Waals surface area contributed by atoms with Gasteiger partial charge in [-0.15, -0.1) is 0 Å². The van der Waals surface area contributed by atoms with Crippen molar-refractivity contribution in [2.45, 2.75) is 51.7 Å². The summed E-state index contributed by atoms with van der Waals surface area (Å²) in [7, 11) is 0. The normalized spacial score (nSPS) is 41.2. The second-order valence-corrected chi connectivity index (χ2v) is 5.69. The maximum atomic E-state index is 9.67. The number of aliphatic hydroxyl groups is 1. The van der Waals surface area contributed by atoms with Crippen molar-refractivity contribution in [3.63, 3.8) is 0 Å². The highest BCUT2D eigenvalue weighted by Gasteiger charge is 2.68. The first-order valence-electron chi connectivity index (χ1n) is 5.55. The van der Waals surface area contributed by atoms with Crippen LogP contribution in [-0.4, -0.2) is 16.7 Å². The molecule has 14 heavy (non-hydrogen) atoms. The Morgan fingerprint density at radius 1 is 1.29 bits per heavy atom. The molecule has 2 bridgehead atoms. The van der Waals surface area contributed by atoms with E-state index < -0.39 is 0 Å². The summed E-state index contributed by atoms with van der Waals surface area (Å²) in [6, 6.07) is 0.478. The molecule has 0 heterocycles. The minimum Gasteiger partial charge on any atom is -0.390 e. The fourth-order valence-electron chi connectivity index (χ4n) is 2.65. The second-order valence-electron chi connectivity index (χ2n) is 5.69. The molecule has 0 aliphatic heterocycles. The molecule has 2 N–H and O–H groups in total. The van der Waals surface area contributed by atoms with Crippen LogP contribution in [0.15, 0.2) is 12.3 Å². The third-order valence-corrected chi connectivity index (χ3v) is 4.04. The highest BCUT2D eigenvalue weighted by Crippen LogP contribution is 2.69. The summed E-state index contributed by atoms with van der Waals surface area (Å²) >= 11 is 0. The standard InChI is InChI=1S/C12H21NO/c1-8(2)9(3)13-10(4)11-5-12(14,6-11)7-11/h8-9,13-14H,4-7H2,1-3H3/t9-,11?,12?/m1/s1. The van der Waals surface area contributed by atoms with Gasteiger partial charge in [0.2, 0.25) is 0 Å². The molecule has 1 atom stereocenters. The molecule has 2 nitrogen and oxygen atoms in total. The molecule has 3 aliphatic carbocycles. The Morgan fingerprint density at radius 3 is 2.14 bits per heavy atom. The van der Waals surface area contributed by atoms with Gasteiger partial charge in [0, 0.05) is 17.2 Å². The van der Waals surface area contributed by atoms with E-state index in [1.165, 1.54) is 0 Å². The van der Waals surface area contributed by atoms with Crippen molar-refractivity contribution in [3.05, 3.63) is 12.3 Å². The molecule has 0 amide bonds. The van der Waals surface area contributed by atoms with E-state index >= 15 is 0 Å². The van der Waals surface area contributed by atoms with Crippen molar-refractivity contribution < 1.29 is 5.11 Å². The van der Waals surface area contributed by atoms with Crippen LogP contribution in [0, 0.1) is 11.3 Å². The summed E-state index contributed by atoms with van der Waals surface area (Å²) in [5.74, 6) is 0.627. The van der Waals surface area contributed by atoms with Crippen LogP contribution in [0.5, 0.6) is 0 Å². The van der Waals surface area contributed by atoms with Gasteiger partial charge in [0.15, 0.2) is 0 Å². The van der Waals surface area contributed by atoms with Crippen LogP contribution in [-0.2, 0) is 0 Å². The summed E-state index contributed by atoms with van der Waals surface area (Å²) in [4.78, 5) is 0. The van der Waals surface area contributed by atoms with Crippen LogP contribution in [0.3, 0.4) is 0 Å². The molecule has 0 unspecified atom stereocenters. The van der Waals surface area contributed by atoms with Crippen LogP contribution < -0.4 is 5.32 Å². The number of hydrogen-bond acceptors (Lipinski definition) is 2. The van der Waals surface area contributed by atoms with E-state index in [4.69, 9.17) is 0 Å². The fraction of sp³-hybridized carbons (Fsp3) is 0.833. The van der Waals surface area contributed by atoms with Crippen LogP contribution in [0.25, 0.3) is 0 Å². The minimum absolute atomic E-state index is 0.248. The smallest absolute Gasteiger partial charge is 0.0675 e. The average molecular weight is 195 g/mol. The molecule has 80 valence electrons. The number of nitrogens with one attached hydrogen (secondary N) is 1. The van der Waals surface area contributed by atoms with E-state index in [-0.39, 0.29) is 11.0 Å². The molecule has 0 saturated heterocycles. The van der Waals surface area contributed by atoms with Crippen LogP contribution in [0.2, 0.25) is 0 Å². The van der Waals surface area contributed by atoms with Gasteiger partial charge in [0.05, 0.1) is 5.60 Å². The summed E-state index contributed by atoms with van der Waals surface area (Å²) in [6.45, 7) is 10.7. The summed E-state index contributed by atoms with van der Waals surface area (Å²) in [6.07, 6.45) is 2.78. The maximum Gasteiger partial charge on any atom is 0.0675 e. The fourth-order valence-corrected chi connectivity index (χ4v) is 2.65. The molecule has 3 rings (SSSR count). The first-order valence-corrected chi connectivity index (χ1v) is 5.55. The molecular formula is C12H21NO. The lowest BCUT2D eigenvalue weighted by atomic mass is 9.40. The van der Waals surface area contributed by atoms with E-state index in [9.17, 15) is 5.11 Å². The molecular weight excluding hydrogens is 174 g/mol. The molecule has 0 spiro atoms. The second kappa shape index (κ2) is 2.75. The third-order valence-electron chi connectivity index (χ3n) is 4.04. The van der Waals surface area contributed by atoms with Gasteiger partial charge < -0.3 is 10.4 Å². The Bertz CT molecular complexity index is 250. The van der Waals surface area contributed by atoms with Gasteiger partial charge >= 0.3 is 0 Å². The van der Waals surface area contributed by atoms with E-state index in [1.807, 2.05) is 0 Å². The zero-order valence-electron chi connectivity index (χ0n) is 9.43. The molecule has 0 aromatic rings. The van der Waals surface area contributed by atoms with Gasteiger partial charge in [-0.2, -0.15) is 0 Å². The lowest BCUT2D eigenvalue weighted by Crippen LogP contribution is -2.69. The lowest BCUT2D eigenvalue weighted by Gasteiger charge is -2.68. The number of allylic oxidation sites excluding steroid dienone is 1. The minimum atomic E-state index is -0.314. The maximum absolute atomic E-state index is 9.67. The zero-order chi connectivity index (χ0) is 10.6. The van der Waals surface area contributed by atoms with Gasteiger partial charge in [0.1, 0.15) is 0 Å². The van der Waals surface area contributed by atoms with Gasteiger partial charge in [-0.1, -0.05) is 20.4 Å². The third kappa shape index (κ3) is 1.28. The summed E-state index contributed by atoms with van der Waals surface area (Å²) in [5, 5.41) is 13.1. The first kappa shape index (κ1) is 10.0. The van der Waals surface area contributed by atoms with Crippen molar-refractivity contribution in [2.24, 2.45) is 11.3 Å². The van der Waals surface area contributed by atoms with Crippen molar-refractivity contribution in [3.8, 4) is 0 Å². The Kier molecular flexibility index (Phi) is 1.97. The molecule has 3 fully saturated rings. The first-order chi connectivity index (χ1) is 6.37. The van der Waals surface area contributed by atoms with Crippen molar-refractivity contribution in [1.29, 1.82) is 0 Å². The van der Waals surface area contributed by atoms with Crippen LogP contribution >= 0.6 is 0 Å². The average Bonchev–Trinajstić information content (AvgIpc) is 1.96. The quantitative estimate of drug-likeness (QED) is 0.719. The Morgan fingerprint density at radius 2 is 1.79 bits per heavy atom. The predicted octanol–water partition coefficient (Wildman–Crippen LogP) is 2.05. The van der Waals surface area contributed by atoms with Crippen LogP contribution in [0.1, 0.15) is 40.0 Å². The van der Waals surface area contributed by atoms with Crippen LogP contribution in [0.4, 0.5) is 0 Å². The van der Waals surface area contributed by atoms with Gasteiger partial charge in [-0.05, 0) is 32.1 Å². The molecule has 3 saturated carbocycles. The van der Waals surface area contributed by atoms with Crippen molar-refractivity contribution >= 4 is 0 Å². The number of rotatable bonds is 4. The highest BCUT2D eigenvalue weighted by molar-refractivity contribution is 5.31. The summed E-state index contributed by atoms with van der Waals surface area (Å²) in [5.41, 5.74) is 1.08. The monoisotopic (exact) mass is 195 g/mol. The Hall–Kier alpha value is -0.500. The highest BCUT2D eigenvalue weighted by atomic mass is 16.3. The lowest BCUT2D eigenvalue weighted by molar-refractivity contribution is -0.242. The van der Waals surface area contributed by atoms with E-state index in [1.54, 1.807) is 0 Å². The van der Waals surface area contributed by atoms with E-state index in [0.29, 0.717) is 12.0 Å². The largest absolute Gasteiger partial charge is 0.390 e. The van der Waals surface area contributed by atoms with Crippen molar-refractivity contribution in [2.75, 3.05) is 0 Å². The molecule has 3 aliphatic rings. The number of hydrogen-bond donors (Lipinski definition) is 2. The molecule has 2 heteroatoms. The topological polar surface area (TPSA) is 32.3 Å². The van der Waals surface area contributed by atoms with E-state index in [2.05, 4.69) is 32.7 Å². The zero-order valence-corrected chi connectivity index (χ0v) is 9.43. The SMILES string of the molecule is C=C(N[C@H](C)C(C)C)C12CC(O)(C1)C2.